The number of pyridine rings is 3. The van der Waals surface area contributed by atoms with Gasteiger partial charge in [-0.1, -0.05) is 48.5 Å². The first-order valence-corrected chi connectivity index (χ1v) is 17.1. The molecule has 0 aliphatic heterocycles. The molecule has 9 aromatic rings. The fourth-order valence-corrected chi connectivity index (χ4v) is 6.66. The van der Waals surface area contributed by atoms with E-state index in [0.29, 0.717) is 0 Å². The van der Waals surface area contributed by atoms with Crippen LogP contribution >= 0.6 is 0 Å². The molecule has 0 amide bonds. The number of hydrogen-bond donors (Lipinski definition) is 0. The van der Waals surface area contributed by atoms with Crippen LogP contribution in [0.5, 0.6) is 0 Å². The number of nitrogens with zero attached hydrogens (tertiary/aromatic N) is 5. The first-order chi connectivity index (χ1) is 25.6. The second-order valence-electron chi connectivity index (χ2n) is 12.6. The number of aryl methyl sites for hydroxylation is 2. The van der Waals surface area contributed by atoms with Gasteiger partial charge < -0.3 is 9.97 Å². The first-order valence-electron chi connectivity index (χ1n) is 17.1. The summed E-state index contributed by atoms with van der Waals surface area (Å²) in [6.07, 6.45) is 10.7. The minimum atomic E-state index is 0. The molecular formula is C47H33IrN5-2. The Morgan fingerprint density at radius 1 is 0.453 bits per heavy atom. The van der Waals surface area contributed by atoms with Crippen molar-refractivity contribution in [1.82, 2.24) is 24.9 Å². The molecule has 4 aromatic heterocycles. The monoisotopic (exact) mass is 860 g/mol. The van der Waals surface area contributed by atoms with Gasteiger partial charge in [0.1, 0.15) is 6.33 Å². The van der Waals surface area contributed by atoms with Gasteiger partial charge in [-0.2, -0.15) is 0 Å². The molecule has 0 saturated carbocycles. The zero-order valence-electron chi connectivity index (χ0n) is 29.2. The van der Waals surface area contributed by atoms with E-state index in [-0.39, 0.29) is 20.1 Å². The molecule has 53 heavy (non-hydrogen) atoms. The summed E-state index contributed by atoms with van der Waals surface area (Å²) in [5.41, 5.74) is 14.1. The summed E-state index contributed by atoms with van der Waals surface area (Å²) in [6.45, 7) is 4.37. The van der Waals surface area contributed by atoms with E-state index < -0.39 is 0 Å². The molecule has 5 aromatic carbocycles. The summed E-state index contributed by atoms with van der Waals surface area (Å²) in [7, 11) is 0. The number of benzene rings is 5. The standard InChI is InChI=1S/C36H25N4.C11H8N.Ir/c1-23-15-24(2)32(18-31(23)26-7-5-8-27(16-26)35-10-3-4-13-39-35)34-19-36-30(9-6-14-40-36)29-12-11-25(17-33(29)34)28-20-37-22-38-21-28;1-2-6-10(7-3-1)11-8-4-5-9-12-11;/h3-7,9-22H,1-2H3;1-6,8-9H;/q2*-1;. The summed E-state index contributed by atoms with van der Waals surface area (Å²) < 4.78 is 0. The van der Waals surface area contributed by atoms with Crippen molar-refractivity contribution in [2.24, 2.45) is 0 Å². The van der Waals surface area contributed by atoms with Crippen LogP contribution in [0.3, 0.4) is 0 Å². The van der Waals surface area contributed by atoms with Gasteiger partial charge >= 0.3 is 0 Å². The summed E-state index contributed by atoms with van der Waals surface area (Å²) in [6, 6.07) is 50.0. The van der Waals surface area contributed by atoms with Crippen molar-refractivity contribution in [2.75, 3.05) is 0 Å². The van der Waals surface area contributed by atoms with Crippen LogP contribution in [0.4, 0.5) is 0 Å². The van der Waals surface area contributed by atoms with Crippen LogP contribution < -0.4 is 0 Å². The van der Waals surface area contributed by atoms with Gasteiger partial charge in [0.05, 0.1) is 5.52 Å². The Morgan fingerprint density at radius 2 is 1.17 bits per heavy atom. The van der Waals surface area contributed by atoms with Crippen molar-refractivity contribution in [3.63, 3.8) is 0 Å². The van der Waals surface area contributed by atoms with E-state index >= 15 is 0 Å². The van der Waals surface area contributed by atoms with Gasteiger partial charge in [-0.25, -0.2) is 9.97 Å². The van der Waals surface area contributed by atoms with E-state index in [4.69, 9.17) is 4.98 Å². The van der Waals surface area contributed by atoms with Crippen molar-refractivity contribution < 1.29 is 20.1 Å². The van der Waals surface area contributed by atoms with Crippen LogP contribution in [-0.2, 0) is 20.1 Å². The van der Waals surface area contributed by atoms with Crippen LogP contribution in [0.2, 0.25) is 0 Å². The SMILES string of the molecule is Cc1cc(C)c(-c2cc3ncccc3c3ccc(-c4cncnc4)cc23)cc1-c1cc[c-]c(-c2ccccn2)c1.[Ir].[c-]1ccccc1-c1ccccn1. The van der Waals surface area contributed by atoms with E-state index in [9.17, 15) is 0 Å². The Balaban J connectivity index is 0.000000284. The van der Waals surface area contributed by atoms with Gasteiger partial charge in [0.15, 0.2) is 0 Å². The minimum absolute atomic E-state index is 0. The largest absolute Gasteiger partial charge is 0.305 e. The van der Waals surface area contributed by atoms with Crippen LogP contribution in [-0.4, -0.2) is 24.9 Å². The molecule has 257 valence electrons. The van der Waals surface area contributed by atoms with Crippen LogP contribution in [0.25, 0.3) is 77.6 Å². The van der Waals surface area contributed by atoms with E-state index in [1.165, 1.54) is 33.0 Å². The summed E-state index contributed by atoms with van der Waals surface area (Å²) in [5.74, 6) is 0. The molecule has 0 unspecified atom stereocenters. The fourth-order valence-electron chi connectivity index (χ4n) is 6.66. The molecule has 0 atom stereocenters. The maximum Gasteiger partial charge on any atom is 0.115 e. The van der Waals surface area contributed by atoms with Crippen LogP contribution in [0, 0.1) is 26.0 Å². The van der Waals surface area contributed by atoms with Gasteiger partial charge in [-0.15, -0.1) is 71.3 Å². The van der Waals surface area contributed by atoms with E-state index in [0.717, 1.165) is 55.7 Å². The second-order valence-corrected chi connectivity index (χ2v) is 12.6. The van der Waals surface area contributed by atoms with E-state index in [2.05, 4.69) is 101 Å². The quantitative estimate of drug-likeness (QED) is 0.127. The van der Waals surface area contributed by atoms with E-state index in [1.807, 2.05) is 97.6 Å². The zero-order chi connectivity index (χ0) is 35.3. The van der Waals surface area contributed by atoms with Gasteiger partial charge in [-0.05, 0) is 106 Å². The Labute approximate surface area is 322 Å². The molecule has 0 spiro atoms. The zero-order valence-corrected chi connectivity index (χ0v) is 31.6. The second kappa shape index (κ2) is 16.0. The molecule has 0 N–H and O–H groups in total. The molecule has 0 aliphatic carbocycles. The third-order valence-electron chi connectivity index (χ3n) is 9.18. The minimum Gasteiger partial charge on any atom is -0.305 e. The van der Waals surface area contributed by atoms with Gasteiger partial charge in [0.2, 0.25) is 0 Å². The van der Waals surface area contributed by atoms with Crippen molar-refractivity contribution in [2.45, 2.75) is 13.8 Å². The third-order valence-corrected chi connectivity index (χ3v) is 9.18. The predicted octanol–water partition coefficient (Wildman–Crippen LogP) is 11.2. The molecule has 0 bridgehead atoms. The first kappa shape index (κ1) is 35.2. The van der Waals surface area contributed by atoms with E-state index in [1.54, 1.807) is 12.5 Å². The van der Waals surface area contributed by atoms with Crippen LogP contribution in [0.1, 0.15) is 11.1 Å². The van der Waals surface area contributed by atoms with Crippen molar-refractivity contribution >= 4 is 21.7 Å². The molecule has 0 fully saturated rings. The topological polar surface area (TPSA) is 64.5 Å². The average molecular weight is 860 g/mol. The Hall–Kier alpha value is -6.20. The van der Waals surface area contributed by atoms with Crippen molar-refractivity contribution in [1.29, 1.82) is 0 Å². The molecule has 6 heteroatoms. The van der Waals surface area contributed by atoms with Gasteiger partial charge in [0.25, 0.3) is 0 Å². The summed E-state index contributed by atoms with van der Waals surface area (Å²) in [4.78, 5) is 22.0. The summed E-state index contributed by atoms with van der Waals surface area (Å²) in [5, 5.41) is 3.49. The van der Waals surface area contributed by atoms with Crippen molar-refractivity contribution in [3.8, 4) is 55.9 Å². The predicted molar refractivity (Wildman–Crippen MR) is 211 cm³/mol. The molecule has 4 heterocycles. The van der Waals surface area contributed by atoms with Gasteiger partial charge in [-0.3, -0.25) is 4.98 Å². The molecule has 0 saturated heterocycles. The Morgan fingerprint density at radius 3 is 1.91 bits per heavy atom. The molecule has 9 rings (SSSR count). The molecule has 0 aliphatic rings. The maximum absolute atomic E-state index is 4.74. The number of rotatable bonds is 5. The number of fused-ring (bicyclic) bond motifs is 3. The molecular weight excluding hydrogens is 827 g/mol. The third kappa shape index (κ3) is 7.56. The van der Waals surface area contributed by atoms with Gasteiger partial charge in [0, 0.05) is 62.0 Å². The maximum atomic E-state index is 4.74. The van der Waals surface area contributed by atoms with Crippen LogP contribution in [0.15, 0.2) is 165 Å². The smallest absolute Gasteiger partial charge is 0.115 e. The number of hydrogen-bond acceptors (Lipinski definition) is 5. The molecule has 1 radical (unpaired) electrons. The average Bonchev–Trinajstić information content (AvgIpc) is 3.22. The Bertz CT molecular complexity index is 2590. The Kier molecular flexibility index (Phi) is 10.6. The van der Waals surface area contributed by atoms with Crippen molar-refractivity contribution in [3.05, 3.63) is 188 Å². The fraction of sp³-hybridized carbons (Fsp3) is 0.0426. The molecule has 5 nitrogen and oxygen atoms in total. The number of aromatic nitrogens is 5. The summed E-state index contributed by atoms with van der Waals surface area (Å²) >= 11 is 0. The normalized spacial score (nSPS) is 10.7.